The SMILES string of the molecule is CCC1(CNC(=O)c2cc(N)ccc2C)CC1. The molecule has 0 radical (unpaired) electrons. The van der Waals surface area contributed by atoms with Crippen LogP contribution < -0.4 is 11.1 Å². The Hall–Kier alpha value is -1.51. The van der Waals surface area contributed by atoms with Crippen LogP contribution in [0, 0.1) is 12.3 Å². The first-order valence-electron chi connectivity index (χ1n) is 6.21. The van der Waals surface area contributed by atoms with Gasteiger partial charge >= 0.3 is 0 Å². The van der Waals surface area contributed by atoms with Crippen molar-refractivity contribution in [3.05, 3.63) is 29.3 Å². The van der Waals surface area contributed by atoms with Crippen molar-refractivity contribution in [1.82, 2.24) is 5.32 Å². The van der Waals surface area contributed by atoms with Gasteiger partial charge in [0.2, 0.25) is 0 Å². The van der Waals surface area contributed by atoms with Crippen LogP contribution in [0.3, 0.4) is 0 Å². The summed E-state index contributed by atoms with van der Waals surface area (Å²) in [7, 11) is 0. The second-order valence-corrected chi connectivity index (χ2v) is 5.11. The van der Waals surface area contributed by atoms with Gasteiger partial charge in [0, 0.05) is 17.8 Å². The fourth-order valence-electron chi connectivity index (χ4n) is 2.08. The Balaban J connectivity index is 2.02. The number of carbonyl (C=O) groups excluding carboxylic acids is 1. The molecule has 2 rings (SSSR count). The molecule has 0 bridgehead atoms. The van der Waals surface area contributed by atoms with E-state index in [9.17, 15) is 4.79 Å². The number of nitrogens with one attached hydrogen (secondary N) is 1. The van der Waals surface area contributed by atoms with Gasteiger partial charge in [-0.3, -0.25) is 4.79 Å². The number of amides is 1. The number of nitrogen functional groups attached to an aromatic ring is 1. The van der Waals surface area contributed by atoms with Crippen molar-refractivity contribution in [2.45, 2.75) is 33.1 Å². The number of nitrogens with two attached hydrogens (primary N) is 1. The smallest absolute Gasteiger partial charge is 0.251 e. The summed E-state index contributed by atoms with van der Waals surface area (Å²) < 4.78 is 0. The van der Waals surface area contributed by atoms with Crippen LogP contribution in [0.5, 0.6) is 0 Å². The monoisotopic (exact) mass is 232 g/mol. The van der Waals surface area contributed by atoms with Crippen LogP contribution in [0.15, 0.2) is 18.2 Å². The van der Waals surface area contributed by atoms with E-state index in [1.165, 1.54) is 12.8 Å². The van der Waals surface area contributed by atoms with Crippen LogP contribution in [-0.4, -0.2) is 12.5 Å². The Morgan fingerprint density at radius 3 is 2.76 bits per heavy atom. The number of benzene rings is 1. The third-order valence-corrected chi connectivity index (χ3v) is 3.84. The maximum atomic E-state index is 12.0. The average Bonchev–Trinajstić information content (AvgIpc) is 3.10. The van der Waals surface area contributed by atoms with E-state index in [1.54, 1.807) is 6.07 Å². The molecule has 0 unspecified atom stereocenters. The number of aryl methyl sites for hydroxylation is 1. The first kappa shape index (κ1) is 12.0. The van der Waals surface area contributed by atoms with Crippen LogP contribution in [0.4, 0.5) is 5.69 Å². The molecular formula is C14H20N2O. The first-order chi connectivity index (χ1) is 8.06. The minimum atomic E-state index is -0.00507. The Bertz CT molecular complexity index is 436. The van der Waals surface area contributed by atoms with E-state index in [2.05, 4.69) is 12.2 Å². The Kier molecular flexibility index (Phi) is 3.09. The van der Waals surface area contributed by atoms with Crippen LogP contribution in [0.25, 0.3) is 0 Å². The Labute approximate surface area is 102 Å². The highest BCUT2D eigenvalue weighted by atomic mass is 16.1. The summed E-state index contributed by atoms with van der Waals surface area (Å²) in [6.45, 7) is 4.91. The second kappa shape index (κ2) is 4.40. The van der Waals surface area contributed by atoms with Gasteiger partial charge in [0.05, 0.1) is 0 Å². The van der Waals surface area contributed by atoms with Gasteiger partial charge in [0.25, 0.3) is 5.91 Å². The van der Waals surface area contributed by atoms with Crippen molar-refractivity contribution in [2.24, 2.45) is 5.41 Å². The van der Waals surface area contributed by atoms with Gasteiger partial charge in [-0.2, -0.15) is 0 Å². The van der Waals surface area contributed by atoms with Gasteiger partial charge < -0.3 is 11.1 Å². The molecule has 1 fully saturated rings. The highest BCUT2D eigenvalue weighted by Gasteiger charge is 2.40. The molecule has 92 valence electrons. The van der Waals surface area contributed by atoms with E-state index in [0.717, 1.165) is 18.5 Å². The Morgan fingerprint density at radius 1 is 1.47 bits per heavy atom. The number of hydrogen-bond acceptors (Lipinski definition) is 2. The zero-order valence-corrected chi connectivity index (χ0v) is 10.5. The van der Waals surface area contributed by atoms with E-state index in [1.807, 2.05) is 19.1 Å². The van der Waals surface area contributed by atoms with E-state index in [0.29, 0.717) is 16.7 Å². The molecule has 3 heteroatoms. The molecule has 0 saturated heterocycles. The summed E-state index contributed by atoms with van der Waals surface area (Å²) >= 11 is 0. The van der Waals surface area contributed by atoms with Gasteiger partial charge in [-0.15, -0.1) is 0 Å². The summed E-state index contributed by atoms with van der Waals surface area (Å²) in [5, 5.41) is 3.03. The lowest BCUT2D eigenvalue weighted by Crippen LogP contribution is -2.30. The molecule has 1 amide bonds. The van der Waals surface area contributed by atoms with Gasteiger partial charge in [-0.05, 0) is 49.3 Å². The van der Waals surface area contributed by atoms with Gasteiger partial charge in [-0.25, -0.2) is 0 Å². The Morgan fingerprint density at radius 2 is 2.18 bits per heavy atom. The number of carbonyl (C=O) groups is 1. The largest absolute Gasteiger partial charge is 0.399 e. The van der Waals surface area contributed by atoms with Crippen LogP contribution in [0.1, 0.15) is 42.1 Å². The lowest BCUT2D eigenvalue weighted by molar-refractivity contribution is 0.0944. The minimum absolute atomic E-state index is 0.00507. The number of rotatable bonds is 4. The molecule has 0 heterocycles. The van der Waals surface area contributed by atoms with Crippen LogP contribution in [0.2, 0.25) is 0 Å². The maximum absolute atomic E-state index is 12.0. The minimum Gasteiger partial charge on any atom is -0.399 e. The molecule has 17 heavy (non-hydrogen) atoms. The highest BCUT2D eigenvalue weighted by molar-refractivity contribution is 5.96. The van der Waals surface area contributed by atoms with E-state index >= 15 is 0 Å². The van der Waals surface area contributed by atoms with Gasteiger partial charge in [-0.1, -0.05) is 13.0 Å². The summed E-state index contributed by atoms with van der Waals surface area (Å²) in [6, 6.07) is 5.45. The van der Waals surface area contributed by atoms with Crippen LogP contribution in [-0.2, 0) is 0 Å². The van der Waals surface area contributed by atoms with Gasteiger partial charge in [0.1, 0.15) is 0 Å². The predicted octanol–water partition coefficient (Wildman–Crippen LogP) is 2.50. The summed E-state index contributed by atoms with van der Waals surface area (Å²) in [6.07, 6.45) is 3.61. The fraction of sp³-hybridized carbons (Fsp3) is 0.500. The lowest BCUT2D eigenvalue weighted by Gasteiger charge is -2.14. The molecule has 1 aliphatic rings. The highest BCUT2D eigenvalue weighted by Crippen LogP contribution is 2.47. The zero-order valence-electron chi connectivity index (χ0n) is 10.5. The van der Waals surface area contributed by atoms with Crippen molar-refractivity contribution >= 4 is 11.6 Å². The first-order valence-corrected chi connectivity index (χ1v) is 6.21. The molecule has 0 aliphatic heterocycles. The second-order valence-electron chi connectivity index (χ2n) is 5.11. The molecule has 0 atom stereocenters. The van der Waals surface area contributed by atoms with Crippen LogP contribution >= 0.6 is 0 Å². The van der Waals surface area contributed by atoms with Crippen molar-refractivity contribution in [3.63, 3.8) is 0 Å². The molecule has 1 aromatic rings. The molecular weight excluding hydrogens is 212 g/mol. The van der Waals surface area contributed by atoms with Crippen molar-refractivity contribution in [1.29, 1.82) is 0 Å². The molecule has 1 saturated carbocycles. The summed E-state index contributed by atoms with van der Waals surface area (Å²) in [4.78, 5) is 12.0. The number of hydrogen-bond donors (Lipinski definition) is 2. The third-order valence-electron chi connectivity index (χ3n) is 3.84. The lowest BCUT2D eigenvalue weighted by atomic mass is 10.0. The molecule has 1 aromatic carbocycles. The maximum Gasteiger partial charge on any atom is 0.251 e. The van der Waals surface area contributed by atoms with E-state index in [-0.39, 0.29) is 5.91 Å². The van der Waals surface area contributed by atoms with E-state index in [4.69, 9.17) is 5.73 Å². The van der Waals surface area contributed by atoms with Crippen molar-refractivity contribution < 1.29 is 4.79 Å². The molecule has 0 spiro atoms. The van der Waals surface area contributed by atoms with Gasteiger partial charge in [0.15, 0.2) is 0 Å². The fourth-order valence-corrected chi connectivity index (χ4v) is 2.08. The molecule has 0 aromatic heterocycles. The summed E-state index contributed by atoms with van der Waals surface area (Å²) in [5.74, 6) is -0.00507. The normalized spacial score (nSPS) is 16.6. The third kappa shape index (κ3) is 2.60. The zero-order chi connectivity index (χ0) is 12.5. The average molecular weight is 232 g/mol. The molecule has 3 N–H and O–H groups in total. The summed E-state index contributed by atoms with van der Waals surface area (Å²) in [5.41, 5.74) is 8.38. The number of anilines is 1. The molecule has 1 aliphatic carbocycles. The predicted molar refractivity (Wildman–Crippen MR) is 69.9 cm³/mol. The topological polar surface area (TPSA) is 55.1 Å². The quantitative estimate of drug-likeness (QED) is 0.784. The van der Waals surface area contributed by atoms with Crippen molar-refractivity contribution in [2.75, 3.05) is 12.3 Å². The molecule has 3 nitrogen and oxygen atoms in total. The standard InChI is InChI=1S/C14H20N2O/c1-3-14(6-7-14)9-16-13(17)12-8-11(15)5-4-10(12)2/h4-5,8H,3,6-7,9,15H2,1-2H3,(H,16,17). The van der Waals surface area contributed by atoms with Crippen molar-refractivity contribution in [3.8, 4) is 0 Å². The van der Waals surface area contributed by atoms with E-state index < -0.39 is 0 Å².